The molecule has 2 atom stereocenters. The van der Waals surface area contributed by atoms with Gasteiger partial charge in [-0.25, -0.2) is 4.39 Å². The number of nitrogens with zero attached hydrogens (tertiary/aromatic N) is 2. The first-order valence-corrected chi connectivity index (χ1v) is 8.90. The summed E-state index contributed by atoms with van der Waals surface area (Å²) in [6.07, 6.45) is 2.62. The van der Waals surface area contributed by atoms with Crippen molar-refractivity contribution in [3.63, 3.8) is 0 Å². The summed E-state index contributed by atoms with van der Waals surface area (Å²) in [5.41, 5.74) is 0.896. The fraction of sp³-hybridized carbons (Fsp3) is 0.778. The molecule has 0 bridgehead atoms. The SMILES string of the molecule is Cc1cc(CN2C[C@@H](F)C[C@H]2CNC(=O)CC(C)(C)C2CC2)on1. The molecule has 0 radical (unpaired) electrons. The molecule has 5 nitrogen and oxygen atoms in total. The highest BCUT2D eigenvalue weighted by atomic mass is 19.1. The molecule has 2 fully saturated rings. The normalized spacial score (nSPS) is 25.2. The lowest BCUT2D eigenvalue weighted by atomic mass is 9.83. The maximum atomic E-state index is 13.8. The molecule has 0 aromatic carbocycles. The zero-order valence-corrected chi connectivity index (χ0v) is 14.8. The third-order valence-electron chi connectivity index (χ3n) is 5.35. The van der Waals surface area contributed by atoms with Crippen LogP contribution in [0.4, 0.5) is 4.39 Å². The molecule has 1 saturated heterocycles. The molecule has 0 spiro atoms. The number of hydrogen-bond acceptors (Lipinski definition) is 4. The molecule has 1 aliphatic heterocycles. The van der Waals surface area contributed by atoms with Crippen LogP contribution in [0.3, 0.4) is 0 Å². The van der Waals surface area contributed by atoms with Gasteiger partial charge in [0.2, 0.25) is 5.91 Å². The highest BCUT2D eigenvalue weighted by Gasteiger charge is 2.39. The highest BCUT2D eigenvalue weighted by Crippen LogP contribution is 2.47. The fourth-order valence-electron chi connectivity index (χ4n) is 3.74. The Balaban J connectivity index is 1.49. The van der Waals surface area contributed by atoms with Crippen molar-refractivity contribution >= 4 is 5.91 Å². The lowest BCUT2D eigenvalue weighted by Gasteiger charge is -2.26. The summed E-state index contributed by atoms with van der Waals surface area (Å²) in [6.45, 7) is 7.61. The maximum Gasteiger partial charge on any atom is 0.220 e. The van der Waals surface area contributed by atoms with Crippen LogP contribution in [0.2, 0.25) is 0 Å². The smallest absolute Gasteiger partial charge is 0.220 e. The lowest BCUT2D eigenvalue weighted by Crippen LogP contribution is -2.41. The van der Waals surface area contributed by atoms with Gasteiger partial charge in [-0.2, -0.15) is 0 Å². The van der Waals surface area contributed by atoms with Crippen LogP contribution in [0.5, 0.6) is 0 Å². The van der Waals surface area contributed by atoms with E-state index in [1.54, 1.807) is 0 Å². The summed E-state index contributed by atoms with van der Waals surface area (Å²) in [5, 5.41) is 6.89. The van der Waals surface area contributed by atoms with Crippen LogP contribution in [-0.4, -0.2) is 41.3 Å². The second-order valence-electron chi connectivity index (χ2n) is 8.09. The molecule has 1 amide bonds. The first-order valence-electron chi connectivity index (χ1n) is 8.90. The minimum absolute atomic E-state index is 0.0124. The predicted molar refractivity (Wildman–Crippen MR) is 89.1 cm³/mol. The number of amides is 1. The van der Waals surface area contributed by atoms with Crippen molar-refractivity contribution in [3.05, 3.63) is 17.5 Å². The third kappa shape index (κ3) is 4.35. The molecule has 1 aliphatic carbocycles. The second-order valence-corrected chi connectivity index (χ2v) is 8.09. The number of rotatable bonds is 7. The van der Waals surface area contributed by atoms with Gasteiger partial charge >= 0.3 is 0 Å². The van der Waals surface area contributed by atoms with Gasteiger partial charge in [-0.15, -0.1) is 0 Å². The van der Waals surface area contributed by atoms with Gasteiger partial charge < -0.3 is 9.84 Å². The van der Waals surface area contributed by atoms with Gasteiger partial charge in [0.25, 0.3) is 0 Å². The molecule has 6 heteroatoms. The highest BCUT2D eigenvalue weighted by molar-refractivity contribution is 5.76. The Labute approximate surface area is 142 Å². The lowest BCUT2D eigenvalue weighted by molar-refractivity contribution is -0.123. The zero-order valence-electron chi connectivity index (χ0n) is 14.8. The van der Waals surface area contributed by atoms with Crippen molar-refractivity contribution in [1.82, 2.24) is 15.4 Å². The monoisotopic (exact) mass is 337 g/mol. The molecular formula is C18H28FN3O2. The standard InChI is InChI=1S/C18H28FN3O2/c1-12-6-16(24-21-12)11-22-10-14(19)7-15(22)9-20-17(23)8-18(2,3)13-4-5-13/h6,13-15H,4-5,7-11H2,1-3H3,(H,20,23)/t14-,15-/m0/s1. The molecule has 0 unspecified atom stereocenters. The third-order valence-corrected chi connectivity index (χ3v) is 5.35. The largest absolute Gasteiger partial charge is 0.360 e. The number of aryl methyl sites for hydroxylation is 1. The quantitative estimate of drug-likeness (QED) is 0.831. The van der Waals surface area contributed by atoms with E-state index in [1.807, 2.05) is 17.9 Å². The summed E-state index contributed by atoms with van der Waals surface area (Å²) < 4.78 is 19.1. The van der Waals surface area contributed by atoms with Crippen molar-refractivity contribution < 1.29 is 13.7 Å². The van der Waals surface area contributed by atoms with Crippen LogP contribution in [0, 0.1) is 18.3 Å². The van der Waals surface area contributed by atoms with Crippen molar-refractivity contribution in [1.29, 1.82) is 0 Å². The number of likely N-dealkylation sites (tertiary alicyclic amines) is 1. The Bertz CT molecular complexity index is 583. The van der Waals surface area contributed by atoms with Gasteiger partial charge in [-0.1, -0.05) is 19.0 Å². The van der Waals surface area contributed by atoms with Crippen molar-refractivity contribution in [2.45, 2.75) is 65.2 Å². The number of carbonyl (C=O) groups excluding carboxylic acids is 1. The number of hydrogen-bond donors (Lipinski definition) is 1. The van der Waals surface area contributed by atoms with Crippen LogP contribution in [-0.2, 0) is 11.3 Å². The number of halogens is 1. The van der Waals surface area contributed by atoms with E-state index in [0.29, 0.717) is 38.4 Å². The van der Waals surface area contributed by atoms with Gasteiger partial charge in [0.15, 0.2) is 5.76 Å². The predicted octanol–water partition coefficient (Wildman–Crippen LogP) is 2.84. The number of alkyl halides is 1. The Morgan fingerprint density at radius 2 is 2.25 bits per heavy atom. The minimum Gasteiger partial charge on any atom is -0.360 e. The number of nitrogens with one attached hydrogen (secondary N) is 1. The minimum atomic E-state index is -0.848. The van der Waals surface area contributed by atoms with E-state index in [1.165, 1.54) is 12.8 Å². The zero-order chi connectivity index (χ0) is 17.3. The topological polar surface area (TPSA) is 58.4 Å². The Morgan fingerprint density at radius 1 is 1.50 bits per heavy atom. The first kappa shape index (κ1) is 17.4. The fourth-order valence-corrected chi connectivity index (χ4v) is 3.74. The van der Waals surface area contributed by atoms with Crippen LogP contribution >= 0.6 is 0 Å². The maximum absolute atomic E-state index is 13.8. The summed E-state index contributed by atoms with van der Waals surface area (Å²) in [7, 11) is 0. The molecule has 1 saturated carbocycles. The molecule has 1 aromatic heterocycles. The molecule has 1 N–H and O–H groups in total. The average Bonchev–Trinajstić information content (AvgIpc) is 3.20. The number of aromatic nitrogens is 1. The Hall–Kier alpha value is -1.43. The van der Waals surface area contributed by atoms with E-state index in [-0.39, 0.29) is 17.4 Å². The van der Waals surface area contributed by atoms with Crippen LogP contribution in [0.15, 0.2) is 10.6 Å². The van der Waals surface area contributed by atoms with Crippen molar-refractivity contribution in [2.24, 2.45) is 11.3 Å². The summed E-state index contributed by atoms with van der Waals surface area (Å²) >= 11 is 0. The molecule has 24 heavy (non-hydrogen) atoms. The van der Waals surface area contributed by atoms with E-state index in [9.17, 15) is 9.18 Å². The van der Waals surface area contributed by atoms with Crippen molar-refractivity contribution in [3.8, 4) is 0 Å². The van der Waals surface area contributed by atoms with Crippen LogP contribution in [0.25, 0.3) is 0 Å². The molecule has 134 valence electrons. The molecule has 2 aliphatic rings. The van der Waals surface area contributed by atoms with E-state index < -0.39 is 6.17 Å². The molecule has 3 rings (SSSR count). The Kier molecular flexibility index (Phi) is 4.95. The van der Waals surface area contributed by atoms with Gasteiger partial charge in [0, 0.05) is 31.6 Å². The Morgan fingerprint density at radius 3 is 2.88 bits per heavy atom. The number of carbonyl (C=O) groups is 1. The van der Waals surface area contributed by atoms with Crippen molar-refractivity contribution in [2.75, 3.05) is 13.1 Å². The first-order chi connectivity index (χ1) is 11.3. The van der Waals surface area contributed by atoms with Gasteiger partial charge in [-0.05, 0) is 37.5 Å². The van der Waals surface area contributed by atoms with E-state index in [0.717, 1.165) is 11.5 Å². The molecular weight excluding hydrogens is 309 g/mol. The van der Waals surface area contributed by atoms with Crippen LogP contribution in [0.1, 0.15) is 51.0 Å². The molecule has 1 aromatic rings. The van der Waals surface area contributed by atoms with Gasteiger partial charge in [-0.3, -0.25) is 9.69 Å². The van der Waals surface area contributed by atoms with Gasteiger partial charge in [0.1, 0.15) is 6.17 Å². The van der Waals surface area contributed by atoms with Gasteiger partial charge in [0.05, 0.1) is 12.2 Å². The summed E-state index contributed by atoms with van der Waals surface area (Å²) in [5.74, 6) is 1.49. The molecule has 2 heterocycles. The summed E-state index contributed by atoms with van der Waals surface area (Å²) in [6, 6.07) is 1.89. The van der Waals surface area contributed by atoms with E-state index >= 15 is 0 Å². The van der Waals surface area contributed by atoms with Crippen LogP contribution < -0.4 is 5.32 Å². The second kappa shape index (κ2) is 6.82. The summed E-state index contributed by atoms with van der Waals surface area (Å²) in [4.78, 5) is 14.3. The average molecular weight is 337 g/mol. The van der Waals surface area contributed by atoms with E-state index in [4.69, 9.17) is 4.52 Å². The van der Waals surface area contributed by atoms with E-state index in [2.05, 4.69) is 24.3 Å².